The first kappa shape index (κ1) is 13.5. The highest BCUT2D eigenvalue weighted by Gasteiger charge is 2.36. The Kier molecular flexibility index (Phi) is 4.40. The maximum absolute atomic E-state index is 10.8. The first-order chi connectivity index (χ1) is 7.42. The molecule has 0 radical (unpaired) electrons. The lowest BCUT2D eigenvalue weighted by molar-refractivity contribution is -0.0531. The maximum atomic E-state index is 10.8. The highest BCUT2D eigenvalue weighted by Crippen LogP contribution is 2.37. The van der Waals surface area contributed by atoms with Crippen molar-refractivity contribution in [1.82, 2.24) is 0 Å². The second kappa shape index (κ2) is 5.20. The quantitative estimate of drug-likeness (QED) is 0.791. The number of alkyl halides is 1. The lowest BCUT2D eigenvalue weighted by Gasteiger charge is -2.37. The van der Waals surface area contributed by atoms with Crippen LogP contribution in [0.1, 0.15) is 38.8 Å². The van der Waals surface area contributed by atoms with Gasteiger partial charge in [-0.05, 0) is 23.0 Å². The lowest BCUT2D eigenvalue weighted by atomic mass is 9.75. The molecule has 0 amide bonds. The monoisotopic (exact) mass is 240 g/mol. The number of halogens is 1. The van der Waals surface area contributed by atoms with Gasteiger partial charge in [-0.2, -0.15) is 0 Å². The molecule has 0 bridgehead atoms. The fraction of sp³-hybridized carbons (Fsp3) is 0.571. The molecule has 1 N–H and O–H groups in total. The summed E-state index contributed by atoms with van der Waals surface area (Å²) in [5.74, 6) is 0.844. The van der Waals surface area contributed by atoms with Crippen LogP contribution < -0.4 is 0 Å². The van der Waals surface area contributed by atoms with E-state index in [0.29, 0.717) is 5.88 Å². The summed E-state index contributed by atoms with van der Waals surface area (Å²) in [5, 5.41) is 10.8. The van der Waals surface area contributed by atoms with E-state index < -0.39 is 5.60 Å². The summed E-state index contributed by atoms with van der Waals surface area (Å²) in [5.41, 5.74) is 1.25. The van der Waals surface area contributed by atoms with Gasteiger partial charge in [0, 0.05) is 5.88 Å². The second-order valence-corrected chi connectivity index (χ2v) is 5.24. The van der Waals surface area contributed by atoms with E-state index in [0.717, 1.165) is 11.1 Å². The topological polar surface area (TPSA) is 20.2 Å². The average molecular weight is 241 g/mol. The van der Waals surface area contributed by atoms with Crippen molar-refractivity contribution in [3.63, 3.8) is 0 Å². The van der Waals surface area contributed by atoms with Crippen molar-refractivity contribution < 1.29 is 5.11 Å². The Morgan fingerprint density at radius 3 is 2.19 bits per heavy atom. The van der Waals surface area contributed by atoms with Crippen LogP contribution in [0.4, 0.5) is 0 Å². The average Bonchev–Trinajstić information content (AvgIpc) is 2.27. The van der Waals surface area contributed by atoms with Crippen LogP contribution in [0, 0.1) is 11.8 Å². The Balaban J connectivity index is 3.21. The summed E-state index contributed by atoms with van der Waals surface area (Å²) in [6.45, 7) is 8.20. The van der Waals surface area contributed by atoms with Gasteiger partial charge in [0.1, 0.15) is 0 Å². The molecular formula is C14H21ClO. The van der Waals surface area contributed by atoms with Gasteiger partial charge in [0.15, 0.2) is 0 Å². The van der Waals surface area contributed by atoms with Crippen molar-refractivity contribution in [3.05, 3.63) is 35.4 Å². The molecule has 1 rings (SSSR count). The third kappa shape index (κ3) is 2.41. The minimum Gasteiger partial charge on any atom is -0.385 e. The smallest absolute Gasteiger partial charge is 0.0942 e. The normalized spacial score (nSPS) is 12.5. The van der Waals surface area contributed by atoms with Crippen molar-refractivity contribution in [1.29, 1.82) is 0 Å². The largest absolute Gasteiger partial charge is 0.385 e. The van der Waals surface area contributed by atoms with E-state index in [4.69, 9.17) is 11.6 Å². The molecule has 0 saturated heterocycles. The molecule has 1 nitrogen and oxygen atoms in total. The molecule has 0 aliphatic rings. The van der Waals surface area contributed by atoms with Crippen LogP contribution in [0.25, 0.3) is 0 Å². The van der Waals surface area contributed by atoms with Gasteiger partial charge in [0.2, 0.25) is 0 Å². The van der Waals surface area contributed by atoms with Crippen molar-refractivity contribution >= 4 is 11.6 Å². The van der Waals surface area contributed by atoms with E-state index in [9.17, 15) is 5.11 Å². The van der Waals surface area contributed by atoms with Crippen LogP contribution in [0.3, 0.4) is 0 Å². The molecular weight excluding hydrogens is 220 g/mol. The molecule has 16 heavy (non-hydrogen) atoms. The molecule has 2 heteroatoms. The van der Waals surface area contributed by atoms with Crippen LogP contribution in [-0.2, 0) is 11.5 Å². The second-order valence-electron chi connectivity index (χ2n) is 4.97. The van der Waals surface area contributed by atoms with Gasteiger partial charge in [-0.3, -0.25) is 0 Å². The zero-order valence-corrected chi connectivity index (χ0v) is 11.3. The van der Waals surface area contributed by atoms with Crippen LogP contribution in [0.2, 0.25) is 0 Å². The van der Waals surface area contributed by atoms with Crippen molar-refractivity contribution in [2.24, 2.45) is 11.8 Å². The predicted octanol–water partition coefficient (Wildman–Crippen LogP) is 3.93. The number of hydrogen-bond donors (Lipinski definition) is 1. The van der Waals surface area contributed by atoms with E-state index in [1.54, 1.807) is 0 Å². The standard InChI is InChI=1S/C14H21ClO/c1-10(2)14(16,11(3)4)13-7-5-6-12(8-13)9-15/h5-8,10-11,16H,9H2,1-4H3. The molecule has 0 aliphatic carbocycles. The minimum absolute atomic E-state index is 0.179. The fourth-order valence-electron chi connectivity index (χ4n) is 2.24. The van der Waals surface area contributed by atoms with Crippen molar-refractivity contribution in [3.8, 4) is 0 Å². The minimum atomic E-state index is -0.776. The first-order valence-electron chi connectivity index (χ1n) is 5.80. The summed E-state index contributed by atoms with van der Waals surface area (Å²) in [7, 11) is 0. The molecule has 0 unspecified atom stereocenters. The lowest BCUT2D eigenvalue weighted by Crippen LogP contribution is -2.37. The molecule has 0 aliphatic heterocycles. The van der Waals surface area contributed by atoms with Gasteiger partial charge < -0.3 is 5.11 Å². The highest BCUT2D eigenvalue weighted by atomic mass is 35.5. The van der Waals surface area contributed by atoms with E-state index in [1.807, 2.05) is 52.0 Å². The molecule has 0 spiro atoms. The number of benzene rings is 1. The Hall–Kier alpha value is -0.530. The van der Waals surface area contributed by atoms with E-state index in [2.05, 4.69) is 0 Å². The summed E-state index contributed by atoms with van der Waals surface area (Å²) >= 11 is 5.83. The molecule has 0 aromatic heterocycles. The molecule has 0 atom stereocenters. The molecule has 1 aromatic rings. The third-order valence-electron chi connectivity index (χ3n) is 3.30. The molecule has 0 saturated carbocycles. The van der Waals surface area contributed by atoms with E-state index >= 15 is 0 Å². The van der Waals surface area contributed by atoms with E-state index in [-0.39, 0.29) is 11.8 Å². The predicted molar refractivity (Wildman–Crippen MR) is 69.6 cm³/mol. The number of rotatable bonds is 4. The van der Waals surface area contributed by atoms with Gasteiger partial charge in [-0.25, -0.2) is 0 Å². The highest BCUT2D eigenvalue weighted by molar-refractivity contribution is 6.17. The number of aliphatic hydroxyl groups is 1. The van der Waals surface area contributed by atoms with Gasteiger partial charge in [0.25, 0.3) is 0 Å². The summed E-state index contributed by atoms with van der Waals surface area (Å²) in [4.78, 5) is 0. The molecule has 0 fully saturated rings. The van der Waals surface area contributed by atoms with Crippen molar-refractivity contribution in [2.75, 3.05) is 0 Å². The van der Waals surface area contributed by atoms with Crippen LogP contribution in [0.15, 0.2) is 24.3 Å². The van der Waals surface area contributed by atoms with E-state index in [1.165, 1.54) is 0 Å². The maximum Gasteiger partial charge on any atom is 0.0942 e. The van der Waals surface area contributed by atoms with Gasteiger partial charge >= 0.3 is 0 Å². The van der Waals surface area contributed by atoms with Crippen molar-refractivity contribution in [2.45, 2.75) is 39.2 Å². The molecule has 90 valence electrons. The van der Waals surface area contributed by atoms with Crippen LogP contribution in [0.5, 0.6) is 0 Å². The third-order valence-corrected chi connectivity index (χ3v) is 3.61. The van der Waals surface area contributed by atoms with Gasteiger partial charge in [-0.1, -0.05) is 52.0 Å². The SMILES string of the molecule is CC(C)C(O)(c1cccc(CCl)c1)C(C)C. The van der Waals surface area contributed by atoms with Gasteiger partial charge in [-0.15, -0.1) is 11.6 Å². The Morgan fingerprint density at radius 1 is 1.19 bits per heavy atom. The summed E-state index contributed by atoms with van der Waals surface area (Å²) in [6, 6.07) is 7.93. The molecule has 0 heterocycles. The van der Waals surface area contributed by atoms with Gasteiger partial charge in [0.05, 0.1) is 5.60 Å². The zero-order chi connectivity index (χ0) is 12.3. The Labute approximate surface area is 103 Å². The Morgan fingerprint density at radius 2 is 1.75 bits per heavy atom. The summed E-state index contributed by atoms with van der Waals surface area (Å²) in [6.07, 6.45) is 0. The zero-order valence-electron chi connectivity index (χ0n) is 10.5. The molecule has 1 aromatic carbocycles. The van der Waals surface area contributed by atoms with Crippen LogP contribution in [-0.4, -0.2) is 5.11 Å². The van der Waals surface area contributed by atoms with Crippen LogP contribution >= 0.6 is 11.6 Å². The number of hydrogen-bond acceptors (Lipinski definition) is 1. The summed E-state index contributed by atoms with van der Waals surface area (Å²) < 4.78 is 0. The Bertz CT molecular complexity index is 336. The fourth-order valence-corrected chi connectivity index (χ4v) is 2.40. The first-order valence-corrected chi connectivity index (χ1v) is 6.34.